The van der Waals surface area contributed by atoms with Gasteiger partial charge in [-0.1, -0.05) is 63.2 Å². The smallest absolute Gasteiger partial charge is 0.408 e. The zero-order valence-electron chi connectivity index (χ0n) is 23.8. The maximum Gasteiger partial charge on any atom is 0.408 e. The molecule has 0 radical (unpaired) electrons. The third-order valence-corrected chi connectivity index (χ3v) is 6.52. The van der Waals surface area contributed by atoms with E-state index >= 15 is 0 Å². The number of ether oxygens (including phenoxy) is 1. The molecule has 38 heavy (non-hydrogen) atoms. The number of hydrogen-bond donors (Lipinski definition) is 2. The zero-order valence-corrected chi connectivity index (χ0v) is 23.8. The van der Waals surface area contributed by atoms with Crippen LogP contribution in [0.1, 0.15) is 83.5 Å². The van der Waals surface area contributed by atoms with E-state index in [2.05, 4.69) is 17.6 Å². The summed E-state index contributed by atoms with van der Waals surface area (Å²) >= 11 is 0. The van der Waals surface area contributed by atoms with Crippen LogP contribution >= 0.6 is 0 Å². The van der Waals surface area contributed by atoms with E-state index in [1.807, 2.05) is 69.3 Å². The number of carbonyl (C=O) groups is 3. The Hall–Kier alpha value is -3.35. The van der Waals surface area contributed by atoms with Gasteiger partial charge in [-0.25, -0.2) is 4.79 Å². The van der Waals surface area contributed by atoms with Gasteiger partial charge in [0.25, 0.3) is 5.91 Å². The van der Waals surface area contributed by atoms with Crippen LogP contribution in [0.4, 0.5) is 10.5 Å². The Morgan fingerprint density at radius 3 is 2.18 bits per heavy atom. The quantitative estimate of drug-likeness (QED) is 0.392. The number of carbonyl (C=O) groups excluding carboxylic acids is 3. The summed E-state index contributed by atoms with van der Waals surface area (Å²) in [6.45, 7) is 13.4. The lowest BCUT2D eigenvalue weighted by molar-refractivity contribution is -0.141. The summed E-state index contributed by atoms with van der Waals surface area (Å²) in [6, 6.07) is 13.7. The van der Waals surface area contributed by atoms with Gasteiger partial charge < -0.3 is 20.3 Å². The first kappa shape index (κ1) is 29.2. The topological polar surface area (TPSA) is 87.7 Å². The van der Waals surface area contributed by atoms with Crippen molar-refractivity contribution in [2.24, 2.45) is 5.92 Å². The number of benzene rings is 2. The van der Waals surface area contributed by atoms with Gasteiger partial charge in [-0.2, -0.15) is 0 Å². The van der Waals surface area contributed by atoms with Gasteiger partial charge in [-0.05, 0) is 82.1 Å². The molecule has 7 heteroatoms. The lowest BCUT2D eigenvalue weighted by atomic mass is 9.98. The molecule has 3 amide bonds. The molecule has 0 spiro atoms. The lowest BCUT2D eigenvalue weighted by Gasteiger charge is -2.35. The van der Waals surface area contributed by atoms with E-state index in [0.29, 0.717) is 12.1 Å². The van der Waals surface area contributed by atoms with E-state index in [-0.39, 0.29) is 23.8 Å². The van der Waals surface area contributed by atoms with Gasteiger partial charge in [-0.15, -0.1) is 0 Å². The van der Waals surface area contributed by atoms with Crippen LogP contribution in [0, 0.1) is 12.8 Å². The summed E-state index contributed by atoms with van der Waals surface area (Å²) in [5, 5.41) is 5.87. The number of rotatable bonds is 10. The Balaban J connectivity index is 2.00. The summed E-state index contributed by atoms with van der Waals surface area (Å²) in [4.78, 5) is 42.5. The average molecular weight is 522 g/mol. The fourth-order valence-electron chi connectivity index (χ4n) is 4.48. The highest BCUT2D eigenvalue weighted by atomic mass is 16.6. The summed E-state index contributed by atoms with van der Waals surface area (Å²) in [5.41, 5.74) is 2.85. The monoisotopic (exact) mass is 521 g/mol. The van der Waals surface area contributed by atoms with Gasteiger partial charge in [0, 0.05) is 11.7 Å². The third-order valence-electron chi connectivity index (χ3n) is 6.52. The second-order valence-corrected chi connectivity index (χ2v) is 11.6. The van der Waals surface area contributed by atoms with Crippen LogP contribution < -0.4 is 10.6 Å². The van der Waals surface area contributed by atoms with Crippen molar-refractivity contribution < 1.29 is 19.1 Å². The van der Waals surface area contributed by atoms with E-state index in [9.17, 15) is 14.4 Å². The third kappa shape index (κ3) is 8.07. The Morgan fingerprint density at radius 2 is 1.66 bits per heavy atom. The van der Waals surface area contributed by atoms with E-state index in [1.165, 1.54) is 0 Å². The number of para-hydroxylation sites is 1. The molecule has 1 aliphatic rings. The van der Waals surface area contributed by atoms with Gasteiger partial charge in [0.15, 0.2) is 0 Å². The maximum absolute atomic E-state index is 14.2. The van der Waals surface area contributed by atoms with Gasteiger partial charge in [0.2, 0.25) is 5.91 Å². The van der Waals surface area contributed by atoms with E-state index in [1.54, 1.807) is 25.7 Å². The number of hydrogen-bond acceptors (Lipinski definition) is 4. The minimum absolute atomic E-state index is 0.0731. The molecule has 0 heterocycles. The molecule has 2 aromatic rings. The van der Waals surface area contributed by atoms with Crippen molar-refractivity contribution in [2.75, 3.05) is 5.32 Å². The molecule has 1 fully saturated rings. The van der Waals surface area contributed by atoms with E-state index in [0.717, 1.165) is 36.0 Å². The highest BCUT2D eigenvalue weighted by Crippen LogP contribution is 2.37. The van der Waals surface area contributed by atoms with Crippen molar-refractivity contribution in [3.05, 3.63) is 65.2 Å². The highest BCUT2D eigenvalue weighted by Gasteiger charge is 2.44. The zero-order chi connectivity index (χ0) is 28.0. The summed E-state index contributed by atoms with van der Waals surface area (Å²) in [6.07, 6.45) is 2.30. The van der Waals surface area contributed by atoms with Crippen LogP contribution in [0.25, 0.3) is 0 Å². The van der Waals surface area contributed by atoms with Crippen LogP contribution in [-0.4, -0.2) is 40.5 Å². The number of aryl methyl sites for hydroxylation is 2. The molecule has 0 aromatic heterocycles. The van der Waals surface area contributed by atoms with Crippen molar-refractivity contribution in [1.29, 1.82) is 0 Å². The molecular weight excluding hydrogens is 478 g/mol. The van der Waals surface area contributed by atoms with Crippen LogP contribution in [0.5, 0.6) is 0 Å². The average Bonchev–Trinajstić information content (AvgIpc) is 3.67. The molecule has 1 aliphatic carbocycles. The molecule has 1 saturated carbocycles. The van der Waals surface area contributed by atoms with E-state index in [4.69, 9.17) is 4.74 Å². The number of alkyl carbamates (subject to hydrolysis) is 1. The van der Waals surface area contributed by atoms with Gasteiger partial charge in [-0.3, -0.25) is 9.59 Å². The minimum atomic E-state index is -0.837. The summed E-state index contributed by atoms with van der Waals surface area (Å²) in [5.74, 6) is -0.399. The van der Waals surface area contributed by atoms with Gasteiger partial charge >= 0.3 is 6.09 Å². The molecule has 2 atom stereocenters. The lowest BCUT2D eigenvalue weighted by Crippen LogP contribution is -2.53. The first-order valence-corrected chi connectivity index (χ1v) is 13.7. The van der Waals surface area contributed by atoms with Crippen molar-refractivity contribution >= 4 is 23.6 Å². The second kappa shape index (κ2) is 12.5. The maximum atomic E-state index is 14.2. The molecule has 0 saturated heterocycles. The second-order valence-electron chi connectivity index (χ2n) is 11.6. The number of amides is 3. The fourth-order valence-corrected chi connectivity index (χ4v) is 4.48. The molecule has 2 unspecified atom stereocenters. The molecule has 7 nitrogen and oxygen atoms in total. The van der Waals surface area contributed by atoms with Crippen molar-refractivity contribution in [2.45, 2.75) is 97.9 Å². The van der Waals surface area contributed by atoms with Crippen molar-refractivity contribution in [3.8, 4) is 0 Å². The Morgan fingerprint density at radius 1 is 1.03 bits per heavy atom. The first-order valence-electron chi connectivity index (χ1n) is 13.7. The van der Waals surface area contributed by atoms with Crippen molar-refractivity contribution in [1.82, 2.24) is 10.2 Å². The molecule has 2 N–H and O–H groups in total. The normalized spacial score (nSPS) is 14.9. The molecule has 3 rings (SSSR count). The Kier molecular flexibility index (Phi) is 9.58. The standard InChI is InChI=1S/C31H43N3O4/c1-8-22-13-15-23(16-14-22)27(28(35)32-25-12-10-9-11-21(25)4)34(24-17-18-24)29(36)26(19-20(2)3)33-30(37)38-31(5,6)7/h9-16,20,24,26-27H,8,17-19H2,1-7H3,(H,32,35)(H,33,37). The number of anilines is 1. The van der Waals surface area contributed by atoms with Gasteiger partial charge in [0.1, 0.15) is 17.7 Å². The van der Waals surface area contributed by atoms with Crippen LogP contribution in [0.3, 0.4) is 0 Å². The predicted molar refractivity (Wildman–Crippen MR) is 151 cm³/mol. The SMILES string of the molecule is CCc1ccc(C(C(=O)Nc2ccccc2C)N(C(=O)C(CC(C)C)NC(=O)OC(C)(C)C)C2CC2)cc1. The molecular formula is C31H43N3O4. The molecule has 206 valence electrons. The Labute approximate surface area is 227 Å². The number of nitrogens with one attached hydrogen (secondary N) is 2. The summed E-state index contributed by atoms with van der Waals surface area (Å²) < 4.78 is 5.47. The highest BCUT2D eigenvalue weighted by molar-refractivity contribution is 5.99. The predicted octanol–water partition coefficient (Wildman–Crippen LogP) is 6.17. The largest absolute Gasteiger partial charge is 0.444 e. The number of nitrogens with zero attached hydrogens (tertiary/aromatic N) is 1. The van der Waals surface area contributed by atoms with Crippen molar-refractivity contribution in [3.63, 3.8) is 0 Å². The van der Waals surface area contributed by atoms with Crippen LogP contribution in [0.2, 0.25) is 0 Å². The first-order chi connectivity index (χ1) is 17.9. The minimum Gasteiger partial charge on any atom is -0.444 e. The van der Waals surface area contributed by atoms with E-state index < -0.39 is 23.8 Å². The van der Waals surface area contributed by atoms with Gasteiger partial charge in [0.05, 0.1) is 0 Å². The molecule has 0 aliphatic heterocycles. The fraction of sp³-hybridized carbons (Fsp3) is 0.516. The molecule has 0 bridgehead atoms. The van der Waals surface area contributed by atoms with Crippen LogP contribution in [-0.2, 0) is 20.7 Å². The Bertz CT molecular complexity index is 1120. The summed E-state index contributed by atoms with van der Waals surface area (Å²) in [7, 11) is 0. The molecule has 2 aromatic carbocycles. The van der Waals surface area contributed by atoms with Crippen LogP contribution in [0.15, 0.2) is 48.5 Å².